The fraction of sp³-hybridized carbons (Fsp3) is 0.0323. The second-order valence-electron chi connectivity index (χ2n) is 17.3. The van der Waals surface area contributed by atoms with Crippen molar-refractivity contribution in [2.24, 2.45) is 0 Å². The van der Waals surface area contributed by atoms with Crippen molar-refractivity contribution in [3.8, 4) is 55.6 Å². The second-order valence-corrected chi connectivity index (χ2v) is 17.3. The number of halogens is 6. The number of fused-ring (bicyclic) bond motifs is 10. The van der Waals surface area contributed by atoms with Crippen LogP contribution in [-0.4, -0.2) is 0 Å². The van der Waals surface area contributed by atoms with Crippen LogP contribution < -0.4 is 0 Å². The van der Waals surface area contributed by atoms with Crippen molar-refractivity contribution in [1.82, 2.24) is 0 Å². The van der Waals surface area contributed by atoms with Crippen molar-refractivity contribution in [2.45, 2.75) is 12.4 Å². The van der Waals surface area contributed by atoms with Gasteiger partial charge < -0.3 is 0 Å². The zero-order valence-electron chi connectivity index (χ0n) is 36.1. The van der Waals surface area contributed by atoms with E-state index in [1.54, 1.807) is 0 Å². The molecule has 326 valence electrons. The molecule has 12 rings (SSSR count). The minimum Gasteiger partial charge on any atom is -0.166 e. The van der Waals surface area contributed by atoms with E-state index in [-0.39, 0.29) is 10.8 Å². The van der Waals surface area contributed by atoms with Crippen molar-refractivity contribution in [3.05, 3.63) is 230 Å². The van der Waals surface area contributed by atoms with Gasteiger partial charge in [-0.1, -0.05) is 170 Å². The molecule has 0 atom stereocenters. The van der Waals surface area contributed by atoms with Crippen molar-refractivity contribution in [2.75, 3.05) is 0 Å². The molecule has 0 aliphatic carbocycles. The number of hydrogen-bond acceptors (Lipinski definition) is 0. The smallest absolute Gasteiger partial charge is 0.166 e. The molecule has 0 nitrogen and oxygen atoms in total. The van der Waals surface area contributed by atoms with E-state index in [1.807, 2.05) is 194 Å². The Balaban J connectivity index is 1.26. The maximum absolute atomic E-state index is 16.1. The van der Waals surface area contributed by atoms with E-state index >= 15 is 26.3 Å². The minimum absolute atomic E-state index is 0.278. The number of benzene rings is 12. The molecule has 0 bridgehead atoms. The summed E-state index contributed by atoms with van der Waals surface area (Å²) in [5.41, 5.74) is 2.59. The summed E-state index contributed by atoms with van der Waals surface area (Å²) >= 11 is 0. The fourth-order valence-corrected chi connectivity index (χ4v) is 10.4. The van der Waals surface area contributed by atoms with Crippen LogP contribution in [0.25, 0.3) is 120 Å². The lowest BCUT2D eigenvalue weighted by atomic mass is 9.83. The first-order valence-electron chi connectivity index (χ1n) is 22.3. The summed E-state index contributed by atoms with van der Waals surface area (Å²) in [6, 6.07) is 66.2. The van der Waals surface area contributed by atoms with E-state index in [9.17, 15) is 0 Å². The Hall–Kier alpha value is -8.22. The van der Waals surface area contributed by atoms with E-state index < -0.39 is 34.6 Å². The Bertz CT molecular complexity index is 3950. The molecule has 0 saturated heterocycles. The van der Waals surface area contributed by atoms with E-state index in [1.165, 1.54) is 12.1 Å². The van der Waals surface area contributed by atoms with Crippen LogP contribution >= 0.6 is 0 Å². The van der Waals surface area contributed by atoms with Crippen LogP contribution in [-0.2, 0) is 12.4 Å². The average molecular weight is 895 g/mol. The summed E-state index contributed by atoms with van der Waals surface area (Å²) in [5, 5.41) is 7.62. The van der Waals surface area contributed by atoms with E-state index in [0.29, 0.717) is 38.2 Å². The molecular formula is C62H36F6. The molecule has 0 amide bonds. The quantitative estimate of drug-likeness (QED) is 0.119. The maximum Gasteiger partial charge on any atom is 0.417 e. The van der Waals surface area contributed by atoms with Crippen LogP contribution in [0.4, 0.5) is 26.3 Å². The summed E-state index contributed by atoms with van der Waals surface area (Å²) in [6.45, 7) is 0. The van der Waals surface area contributed by atoms with E-state index in [0.717, 1.165) is 72.3 Å². The fourth-order valence-electron chi connectivity index (χ4n) is 10.4. The first-order valence-corrected chi connectivity index (χ1v) is 22.3. The molecule has 0 aromatic heterocycles. The number of hydrogen-bond donors (Lipinski definition) is 0. The Morgan fingerprint density at radius 2 is 0.412 bits per heavy atom. The normalized spacial score (nSPS) is 12.3. The molecule has 0 N–H and O–H groups in total. The highest BCUT2D eigenvalue weighted by Crippen LogP contribution is 2.51. The molecule has 0 unspecified atom stereocenters. The van der Waals surface area contributed by atoms with Crippen LogP contribution in [0.15, 0.2) is 218 Å². The lowest BCUT2D eigenvalue weighted by Gasteiger charge is -2.23. The highest BCUT2D eigenvalue weighted by molar-refractivity contribution is 6.26. The van der Waals surface area contributed by atoms with Gasteiger partial charge >= 0.3 is 12.4 Å². The average Bonchev–Trinajstić information content (AvgIpc) is 3.37. The second kappa shape index (κ2) is 15.7. The summed E-state index contributed by atoms with van der Waals surface area (Å²) in [6.07, 6.45) is -10.1. The standard InChI is InChI=1S/C62H36F6/c63-61(64,65)59-35-55-48(40-23-11-4-12-24-40)32-49-43-27-15-13-25-41(43)45(37-17-5-1-6-18-37)29-52(49)54(55)34-58(59)57-33-51-47(39-21-9-3-10-22-39)31-50-44-28-16-14-26-42(44)46(38-19-7-2-8-20-38)30-53(50)56(51)36-60(57)62(66,67)68/h1-36H. The summed E-state index contributed by atoms with van der Waals surface area (Å²) < 4.78 is 96.2. The molecule has 12 aromatic rings. The molecule has 0 aliphatic rings. The van der Waals surface area contributed by atoms with Gasteiger partial charge in [0.05, 0.1) is 11.1 Å². The topological polar surface area (TPSA) is 0 Å². The molecule has 12 aromatic carbocycles. The van der Waals surface area contributed by atoms with Crippen LogP contribution in [0.5, 0.6) is 0 Å². The van der Waals surface area contributed by atoms with E-state index in [4.69, 9.17) is 0 Å². The Labute approximate surface area is 387 Å². The molecule has 0 radical (unpaired) electrons. The third kappa shape index (κ3) is 6.78. The Morgan fingerprint density at radius 1 is 0.191 bits per heavy atom. The van der Waals surface area contributed by atoms with Crippen LogP contribution in [0.3, 0.4) is 0 Å². The van der Waals surface area contributed by atoms with Gasteiger partial charge in [0.1, 0.15) is 0 Å². The van der Waals surface area contributed by atoms with Gasteiger partial charge in [-0.2, -0.15) is 26.3 Å². The molecule has 68 heavy (non-hydrogen) atoms. The van der Waals surface area contributed by atoms with Gasteiger partial charge in [-0.05, 0) is 169 Å². The SMILES string of the molecule is FC(F)(F)c1cc2c(-c3ccccc3)cc3c4ccccc4c(-c4ccccc4)cc3c2cc1-c1cc2c(-c3ccccc3)cc3c4ccccc4c(-c4ccccc4)cc3c2cc1C(F)(F)F. The van der Waals surface area contributed by atoms with Gasteiger partial charge in [-0.25, -0.2) is 0 Å². The molecule has 0 heterocycles. The van der Waals surface area contributed by atoms with Crippen LogP contribution in [0.2, 0.25) is 0 Å². The predicted molar refractivity (Wildman–Crippen MR) is 269 cm³/mol. The highest BCUT2D eigenvalue weighted by Gasteiger charge is 2.40. The highest BCUT2D eigenvalue weighted by atomic mass is 19.4. The maximum atomic E-state index is 16.1. The first kappa shape index (κ1) is 41.2. The Kier molecular flexibility index (Phi) is 9.52. The molecule has 0 fully saturated rings. The minimum atomic E-state index is -5.06. The summed E-state index contributed by atoms with van der Waals surface area (Å²) in [7, 11) is 0. The molecular weight excluding hydrogens is 859 g/mol. The molecule has 0 spiro atoms. The third-order valence-corrected chi connectivity index (χ3v) is 13.5. The van der Waals surface area contributed by atoms with Crippen molar-refractivity contribution in [1.29, 1.82) is 0 Å². The summed E-state index contributed by atoms with van der Waals surface area (Å²) in [5.74, 6) is 0. The van der Waals surface area contributed by atoms with Crippen LogP contribution in [0, 0.1) is 0 Å². The van der Waals surface area contributed by atoms with Crippen molar-refractivity contribution in [3.63, 3.8) is 0 Å². The number of rotatable bonds is 5. The van der Waals surface area contributed by atoms with E-state index in [2.05, 4.69) is 0 Å². The third-order valence-electron chi connectivity index (χ3n) is 13.5. The first-order chi connectivity index (χ1) is 33.0. The van der Waals surface area contributed by atoms with Crippen molar-refractivity contribution < 1.29 is 26.3 Å². The summed E-state index contributed by atoms with van der Waals surface area (Å²) in [4.78, 5) is 0. The monoisotopic (exact) mass is 894 g/mol. The molecule has 6 heteroatoms. The largest absolute Gasteiger partial charge is 0.417 e. The van der Waals surface area contributed by atoms with Gasteiger partial charge in [-0.15, -0.1) is 0 Å². The van der Waals surface area contributed by atoms with Gasteiger partial charge in [0.2, 0.25) is 0 Å². The van der Waals surface area contributed by atoms with Crippen LogP contribution in [0.1, 0.15) is 11.1 Å². The molecule has 0 aliphatic heterocycles. The van der Waals surface area contributed by atoms with Gasteiger partial charge in [0.25, 0.3) is 0 Å². The molecule has 0 saturated carbocycles. The van der Waals surface area contributed by atoms with Gasteiger partial charge in [0.15, 0.2) is 0 Å². The lowest BCUT2D eigenvalue weighted by molar-refractivity contribution is -0.139. The lowest BCUT2D eigenvalue weighted by Crippen LogP contribution is -2.12. The Morgan fingerprint density at radius 3 is 0.765 bits per heavy atom. The number of alkyl halides is 6. The van der Waals surface area contributed by atoms with Gasteiger partial charge in [-0.3, -0.25) is 0 Å². The zero-order chi connectivity index (χ0) is 46.3. The van der Waals surface area contributed by atoms with Gasteiger partial charge in [0, 0.05) is 0 Å². The van der Waals surface area contributed by atoms with Crippen molar-refractivity contribution >= 4 is 64.6 Å². The predicted octanol–water partition coefficient (Wildman–Crippen LogP) is 19.0. The zero-order valence-corrected chi connectivity index (χ0v) is 36.1.